The number of anilines is 1. The van der Waals surface area contributed by atoms with E-state index in [1.807, 2.05) is 30.3 Å². The average Bonchev–Trinajstić information content (AvgIpc) is 3.68. The molecule has 6 rings (SSSR count). The molecule has 0 aliphatic carbocycles. The van der Waals surface area contributed by atoms with E-state index in [0.29, 0.717) is 34.4 Å². The van der Waals surface area contributed by atoms with E-state index in [1.54, 1.807) is 28.8 Å². The number of aromatic nitrogens is 5. The molecule has 14 heteroatoms. The van der Waals surface area contributed by atoms with Gasteiger partial charge < -0.3 is 15.0 Å². The monoisotopic (exact) mass is 633 g/mol. The van der Waals surface area contributed by atoms with Crippen LogP contribution in [0.1, 0.15) is 30.1 Å². The van der Waals surface area contributed by atoms with Gasteiger partial charge in [0, 0.05) is 45.7 Å². The Balaban J connectivity index is 0.00000194. The minimum atomic E-state index is -0.945. The number of nitrogens with one attached hydrogen (secondary N) is 1. The minimum Gasteiger partial charge on any atom is -0.480 e. The van der Waals surface area contributed by atoms with Crippen molar-refractivity contribution in [3.63, 3.8) is 0 Å². The van der Waals surface area contributed by atoms with E-state index in [1.165, 1.54) is 11.0 Å². The van der Waals surface area contributed by atoms with Crippen LogP contribution in [-0.4, -0.2) is 48.1 Å². The summed E-state index contributed by atoms with van der Waals surface area (Å²) in [6, 6.07) is 16.2. The SMILES string of the molecule is Cl.Cl.O=C(O)CNc1cccc(C2=C(Cl)N=C([C@@H]3CCc4cc(-c5cc(Cl)ccc5-n5cnnn5)cc(=O)n43)C2)c1. The lowest BCUT2D eigenvalue weighted by Crippen LogP contribution is -2.27. The van der Waals surface area contributed by atoms with Crippen molar-refractivity contribution in [2.24, 2.45) is 4.99 Å². The van der Waals surface area contributed by atoms with Gasteiger partial charge in [0.15, 0.2) is 0 Å². The van der Waals surface area contributed by atoms with E-state index in [0.717, 1.165) is 40.1 Å². The highest BCUT2D eigenvalue weighted by atomic mass is 35.5. The smallest absolute Gasteiger partial charge is 0.322 e. The Labute approximate surface area is 256 Å². The number of carboxylic acids is 1. The van der Waals surface area contributed by atoms with E-state index in [2.05, 4.69) is 25.8 Å². The summed E-state index contributed by atoms with van der Waals surface area (Å²) < 4.78 is 3.33. The molecule has 0 amide bonds. The lowest BCUT2D eigenvalue weighted by Gasteiger charge is -2.17. The zero-order valence-corrected chi connectivity index (χ0v) is 24.3. The molecule has 2 aliphatic rings. The van der Waals surface area contributed by atoms with Crippen molar-refractivity contribution in [1.29, 1.82) is 0 Å². The number of fused-ring (bicyclic) bond motifs is 1. The summed E-state index contributed by atoms with van der Waals surface area (Å²) in [6.45, 7) is -0.186. The molecule has 4 heterocycles. The van der Waals surface area contributed by atoms with Gasteiger partial charge >= 0.3 is 5.97 Å². The number of allylic oxidation sites excluding steroid dienone is 1. The number of benzene rings is 2. The number of hydrogen-bond donors (Lipinski definition) is 2. The second-order valence-electron chi connectivity index (χ2n) is 9.29. The van der Waals surface area contributed by atoms with E-state index in [-0.39, 0.29) is 43.0 Å². The maximum absolute atomic E-state index is 13.5. The first kappa shape index (κ1) is 30.3. The van der Waals surface area contributed by atoms with Crippen LogP contribution in [0.2, 0.25) is 5.02 Å². The van der Waals surface area contributed by atoms with Crippen molar-refractivity contribution in [3.8, 4) is 16.8 Å². The summed E-state index contributed by atoms with van der Waals surface area (Å²) in [5.74, 6) is -0.945. The minimum absolute atomic E-state index is 0. The molecule has 10 nitrogen and oxygen atoms in total. The van der Waals surface area contributed by atoms with Crippen molar-refractivity contribution >= 4 is 71.0 Å². The average molecular weight is 635 g/mol. The van der Waals surface area contributed by atoms with Gasteiger partial charge in [0.05, 0.1) is 11.7 Å². The van der Waals surface area contributed by atoms with Crippen LogP contribution in [0.15, 0.2) is 75.9 Å². The topological polar surface area (TPSA) is 127 Å². The van der Waals surface area contributed by atoms with E-state index < -0.39 is 5.97 Å². The van der Waals surface area contributed by atoms with E-state index in [4.69, 9.17) is 28.3 Å². The first-order valence-electron chi connectivity index (χ1n) is 12.2. The molecular formula is C27H23Cl4N7O3. The third-order valence-corrected chi connectivity index (χ3v) is 7.43. The third kappa shape index (κ3) is 6.01. The van der Waals surface area contributed by atoms with Gasteiger partial charge in [0.1, 0.15) is 18.0 Å². The molecule has 4 aromatic rings. The molecule has 2 aromatic heterocycles. The normalized spacial score (nSPS) is 15.6. The van der Waals surface area contributed by atoms with E-state index >= 15 is 0 Å². The van der Waals surface area contributed by atoms with Crippen molar-refractivity contribution in [1.82, 2.24) is 24.8 Å². The largest absolute Gasteiger partial charge is 0.480 e. The second-order valence-corrected chi connectivity index (χ2v) is 10.1. The van der Waals surface area contributed by atoms with Gasteiger partial charge in [-0.05, 0) is 70.8 Å². The molecule has 0 saturated heterocycles. The lowest BCUT2D eigenvalue weighted by atomic mass is 9.98. The van der Waals surface area contributed by atoms with Crippen LogP contribution in [-0.2, 0) is 11.2 Å². The number of aliphatic carboxylic acids is 1. The number of carbonyl (C=O) groups is 1. The van der Waals surface area contributed by atoms with Crippen LogP contribution in [0.3, 0.4) is 0 Å². The van der Waals surface area contributed by atoms with Gasteiger partial charge in [0.25, 0.3) is 5.56 Å². The second kappa shape index (κ2) is 12.4. The van der Waals surface area contributed by atoms with Gasteiger partial charge in [-0.2, -0.15) is 4.68 Å². The Kier molecular flexibility index (Phi) is 9.18. The highest BCUT2D eigenvalue weighted by Crippen LogP contribution is 2.39. The molecule has 2 aromatic carbocycles. The molecule has 0 fully saturated rings. The van der Waals surface area contributed by atoms with Gasteiger partial charge in [-0.3, -0.25) is 9.59 Å². The van der Waals surface area contributed by atoms with Gasteiger partial charge in [-0.15, -0.1) is 29.9 Å². The number of hydrogen-bond acceptors (Lipinski definition) is 7. The molecule has 0 saturated carbocycles. The summed E-state index contributed by atoms with van der Waals surface area (Å²) in [5.41, 5.74) is 6.15. The number of nitrogens with zero attached hydrogens (tertiary/aromatic N) is 6. The predicted molar refractivity (Wildman–Crippen MR) is 163 cm³/mol. The zero-order valence-electron chi connectivity index (χ0n) is 21.2. The van der Waals surface area contributed by atoms with Gasteiger partial charge in [-0.25, -0.2) is 4.99 Å². The summed E-state index contributed by atoms with van der Waals surface area (Å²) >= 11 is 12.9. The lowest BCUT2D eigenvalue weighted by molar-refractivity contribution is -0.134. The molecular weight excluding hydrogens is 612 g/mol. The molecule has 212 valence electrons. The first-order valence-corrected chi connectivity index (χ1v) is 12.9. The Morgan fingerprint density at radius 2 is 1.90 bits per heavy atom. The molecule has 2 N–H and O–H groups in total. The molecule has 2 aliphatic heterocycles. The number of rotatable bonds is 7. The molecule has 0 spiro atoms. The third-order valence-electron chi connectivity index (χ3n) is 6.89. The quantitative estimate of drug-likeness (QED) is 0.260. The van der Waals surface area contributed by atoms with E-state index in [9.17, 15) is 9.59 Å². The van der Waals surface area contributed by atoms with Crippen molar-refractivity contribution in [2.75, 3.05) is 11.9 Å². The van der Waals surface area contributed by atoms with Crippen LogP contribution in [0.25, 0.3) is 22.4 Å². The standard InChI is InChI=1S/C27H21Cl2N7O3.2ClH/c28-17-4-6-23(35-14-31-33-34-35)20(11-17)16-9-19-5-7-24(36(19)25(37)10-16)22-12-21(27(29)32-22)15-2-1-3-18(8-15)30-13-26(38)39;;/h1-4,6,8-11,14,24,30H,5,7,12-13H2,(H,38,39);2*1H/t24-;;/m0../s1. The Morgan fingerprint density at radius 1 is 1.07 bits per heavy atom. The molecule has 1 atom stereocenters. The Bertz CT molecular complexity index is 1740. The van der Waals surface area contributed by atoms with Gasteiger partial charge in [-0.1, -0.05) is 35.3 Å². The van der Waals surface area contributed by atoms with Crippen molar-refractivity contribution in [2.45, 2.75) is 25.3 Å². The zero-order chi connectivity index (χ0) is 27.1. The Morgan fingerprint density at radius 3 is 2.66 bits per heavy atom. The maximum atomic E-state index is 13.5. The fourth-order valence-corrected chi connectivity index (χ4v) is 5.63. The summed E-state index contributed by atoms with van der Waals surface area (Å²) in [5, 5.41) is 24.2. The number of carboxylic acid groups (broad SMARTS) is 1. The first-order chi connectivity index (χ1) is 18.9. The van der Waals surface area contributed by atoms with Crippen LogP contribution >= 0.6 is 48.0 Å². The van der Waals surface area contributed by atoms with Crippen LogP contribution in [0.4, 0.5) is 5.69 Å². The van der Waals surface area contributed by atoms with Crippen molar-refractivity contribution in [3.05, 3.63) is 92.7 Å². The highest BCUT2D eigenvalue weighted by molar-refractivity contribution is 6.35. The van der Waals surface area contributed by atoms with Gasteiger partial charge in [0.2, 0.25) is 0 Å². The molecule has 0 bridgehead atoms. The number of tetrazole rings is 1. The summed E-state index contributed by atoms with van der Waals surface area (Å²) in [7, 11) is 0. The summed E-state index contributed by atoms with van der Waals surface area (Å²) in [4.78, 5) is 29.1. The predicted octanol–water partition coefficient (Wildman–Crippen LogP) is 5.42. The van der Waals surface area contributed by atoms with Crippen LogP contribution in [0.5, 0.6) is 0 Å². The fraction of sp³-hybridized carbons (Fsp3) is 0.185. The maximum Gasteiger partial charge on any atom is 0.322 e. The molecule has 0 unspecified atom stereocenters. The number of aliphatic imine (C=N–C) groups is 1. The summed E-state index contributed by atoms with van der Waals surface area (Å²) in [6.07, 6.45) is 3.42. The molecule has 0 radical (unpaired) electrons. The van der Waals surface area contributed by atoms with Crippen LogP contribution in [0, 0.1) is 0 Å². The fourth-order valence-electron chi connectivity index (χ4n) is 5.17. The van der Waals surface area contributed by atoms with Crippen LogP contribution < -0.4 is 10.9 Å². The Hall–Kier alpha value is -3.70. The number of halogens is 4. The highest BCUT2D eigenvalue weighted by Gasteiger charge is 2.32. The number of aryl methyl sites for hydroxylation is 1. The van der Waals surface area contributed by atoms with Crippen molar-refractivity contribution < 1.29 is 9.90 Å². The number of pyridine rings is 1. The molecule has 41 heavy (non-hydrogen) atoms.